The van der Waals surface area contributed by atoms with Gasteiger partial charge in [0.25, 0.3) is 5.91 Å². The molecule has 0 aliphatic carbocycles. The Bertz CT molecular complexity index is 966. The van der Waals surface area contributed by atoms with Gasteiger partial charge in [-0.1, -0.05) is 42.5 Å². The van der Waals surface area contributed by atoms with Crippen molar-refractivity contribution >= 4 is 22.6 Å². The van der Waals surface area contributed by atoms with Crippen molar-refractivity contribution in [3.05, 3.63) is 71.8 Å². The predicted octanol–water partition coefficient (Wildman–Crippen LogP) is 3.03. The summed E-state index contributed by atoms with van der Waals surface area (Å²) in [5, 5.41) is 14.3. The first-order valence-electron chi connectivity index (χ1n) is 8.36. The van der Waals surface area contributed by atoms with Gasteiger partial charge in [-0.2, -0.15) is 0 Å². The van der Waals surface area contributed by atoms with E-state index < -0.39 is 18.5 Å². The summed E-state index contributed by atoms with van der Waals surface area (Å²) in [4.78, 5) is 24.1. The normalized spacial score (nSPS) is 10.4. The quantitative estimate of drug-likeness (QED) is 0.656. The van der Waals surface area contributed by atoms with Crippen LogP contribution in [0.25, 0.3) is 10.8 Å². The van der Waals surface area contributed by atoms with Gasteiger partial charge in [0.2, 0.25) is 0 Å². The first kappa shape index (κ1) is 18.3. The van der Waals surface area contributed by atoms with Gasteiger partial charge in [0, 0.05) is 11.9 Å². The van der Waals surface area contributed by atoms with E-state index in [1.165, 1.54) is 6.07 Å². The fraction of sp³-hybridized carbons (Fsp3) is 0.143. The van der Waals surface area contributed by atoms with Crippen molar-refractivity contribution in [3.8, 4) is 11.5 Å². The van der Waals surface area contributed by atoms with Gasteiger partial charge in [0.1, 0.15) is 17.1 Å². The maximum absolute atomic E-state index is 12.2. The molecule has 27 heavy (non-hydrogen) atoms. The number of benzene rings is 3. The highest BCUT2D eigenvalue weighted by atomic mass is 16.5. The zero-order valence-electron chi connectivity index (χ0n) is 14.8. The molecule has 0 aliphatic heterocycles. The summed E-state index contributed by atoms with van der Waals surface area (Å²) < 4.78 is 10.1. The lowest BCUT2D eigenvalue weighted by atomic mass is 10.1. The van der Waals surface area contributed by atoms with Crippen LogP contribution >= 0.6 is 0 Å². The van der Waals surface area contributed by atoms with Crippen molar-refractivity contribution in [3.63, 3.8) is 0 Å². The van der Waals surface area contributed by atoms with Crippen molar-refractivity contribution in [2.45, 2.75) is 6.54 Å². The molecule has 0 radical (unpaired) electrons. The summed E-state index contributed by atoms with van der Waals surface area (Å²) in [6.07, 6.45) is 0. The van der Waals surface area contributed by atoms with Gasteiger partial charge in [-0.05, 0) is 29.1 Å². The van der Waals surface area contributed by atoms with Gasteiger partial charge in [-0.3, -0.25) is 4.79 Å². The van der Waals surface area contributed by atoms with Gasteiger partial charge in [0.05, 0.1) is 7.11 Å². The Morgan fingerprint density at radius 1 is 1.00 bits per heavy atom. The summed E-state index contributed by atoms with van der Waals surface area (Å²) >= 11 is 0. The number of hydrogen-bond donors (Lipinski definition) is 2. The number of rotatable bonds is 6. The molecule has 3 aromatic rings. The molecule has 0 atom stereocenters. The van der Waals surface area contributed by atoms with Gasteiger partial charge < -0.3 is 19.9 Å². The lowest BCUT2D eigenvalue weighted by molar-refractivity contribution is -0.124. The van der Waals surface area contributed by atoms with Crippen molar-refractivity contribution < 1.29 is 24.2 Å². The largest absolute Gasteiger partial charge is 0.506 e. The van der Waals surface area contributed by atoms with Crippen LogP contribution in [-0.2, 0) is 16.1 Å². The number of methoxy groups -OCH3 is 1. The van der Waals surface area contributed by atoms with Crippen LogP contribution in [0.1, 0.15) is 15.9 Å². The number of nitrogens with one attached hydrogen (secondary N) is 1. The van der Waals surface area contributed by atoms with Crippen molar-refractivity contribution in [2.75, 3.05) is 13.7 Å². The van der Waals surface area contributed by atoms with E-state index in [1.807, 2.05) is 24.3 Å². The number of phenols is 1. The second-order valence-electron chi connectivity index (χ2n) is 5.88. The lowest BCUT2D eigenvalue weighted by Gasteiger charge is -2.09. The monoisotopic (exact) mass is 365 g/mol. The Kier molecular flexibility index (Phi) is 5.56. The minimum atomic E-state index is -0.752. The smallest absolute Gasteiger partial charge is 0.342 e. The fourth-order valence-corrected chi connectivity index (χ4v) is 2.62. The zero-order valence-corrected chi connectivity index (χ0v) is 14.8. The van der Waals surface area contributed by atoms with E-state index in [2.05, 4.69) is 5.32 Å². The number of fused-ring (bicyclic) bond motifs is 1. The third-order valence-corrected chi connectivity index (χ3v) is 4.10. The van der Waals surface area contributed by atoms with Crippen LogP contribution in [0.2, 0.25) is 0 Å². The van der Waals surface area contributed by atoms with Crippen LogP contribution in [0.5, 0.6) is 11.5 Å². The van der Waals surface area contributed by atoms with Crippen molar-refractivity contribution in [2.24, 2.45) is 0 Å². The number of aromatic hydroxyl groups is 1. The van der Waals surface area contributed by atoms with Crippen LogP contribution < -0.4 is 10.1 Å². The number of esters is 1. The molecule has 138 valence electrons. The highest BCUT2D eigenvalue weighted by Crippen LogP contribution is 2.28. The number of carbonyl (C=O) groups is 2. The molecule has 0 heterocycles. The average molecular weight is 365 g/mol. The van der Waals surface area contributed by atoms with Crippen LogP contribution in [0.15, 0.2) is 60.7 Å². The highest BCUT2D eigenvalue weighted by Gasteiger charge is 2.16. The average Bonchev–Trinajstić information content (AvgIpc) is 2.71. The number of amides is 1. The van der Waals surface area contributed by atoms with Gasteiger partial charge in [0.15, 0.2) is 6.61 Å². The van der Waals surface area contributed by atoms with Gasteiger partial charge in [-0.15, -0.1) is 0 Å². The van der Waals surface area contributed by atoms with Gasteiger partial charge in [-0.25, -0.2) is 4.79 Å². The highest BCUT2D eigenvalue weighted by molar-refractivity contribution is 6.01. The molecule has 0 fully saturated rings. The standard InChI is InChI=1S/C21H19NO5/c1-26-16-9-6-14(7-10-16)12-22-19(23)13-27-21(25)18-11-8-15-4-2-3-5-17(15)20(18)24/h2-11,24H,12-13H2,1H3,(H,22,23). The van der Waals surface area contributed by atoms with Crippen molar-refractivity contribution in [1.82, 2.24) is 5.32 Å². The molecule has 1 amide bonds. The first-order chi connectivity index (χ1) is 13.1. The summed E-state index contributed by atoms with van der Waals surface area (Å²) in [5.74, 6) is -0.608. The Morgan fingerprint density at radius 2 is 1.74 bits per heavy atom. The molecule has 0 saturated heterocycles. The summed E-state index contributed by atoms with van der Waals surface area (Å²) in [7, 11) is 1.58. The van der Waals surface area contributed by atoms with Crippen molar-refractivity contribution in [1.29, 1.82) is 0 Å². The molecule has 3 aromatic carbocycles. The second-order valence-corrected chi connectivity index (χ2v) is 5.88. The summed E-state index contributed by atoms with van der Waals surface area (Å²) in [6, 6.07) is 17.6. The molecule has 0 spiro atoms. The van der Waals surface area contributed by atoms with Crippen LogP contribution in [0, 0.1) is 0 Å². The SMILES string of the molecule is COc1ccc(CNC(=O)COC(=O)c2ccc3ccccc3c2O)cc1. The molecule has 3 rings (SSSR count). The van der Waals surface area contributed by atoms with E-state index in [-0.39, 0.29) is 11.3 Å². The van der Waals surface area contributed by atoms with Crippen LogP contribution in [-0.4, -0.2) is 30.7 Å². The maximum atomic E-state index is 12.2. The second kappa shape index (κ2) is 8.23. The minimum absolute atomic E-state index is 0.0247. The molecule has 0 aromatic heterocycles. The number of hydrogen-bond acceptors (Lipinski definition) is 5. The molecule has 0 saturated carbocycles. The third kappa shape index (κ3) is 4.36. The van der Waals surface area contributed by atoms with E-state index in [9.17, 15) is 14.7 Å². The van der Waals surface area contributed by atoms with Crippen LogP contribution in [0.4, 0.5) is 0 Å². The van der Waals surface area contributed by atoms with E-state index in [0.29, 0.717) is 11.9 Å². The Hall–Kier alpha value is -3.54. The van der Waals surface area contributed by atoms with Gasteiger partial charge >= 0.3 is 5.97 Å². The Morgan fingerprint density at radius 3 is 2.48 bits per heavy atom. The molecule has 6 heteroatoms. The van der Waals surface area contributed by atoms with E-state index >= 15 is 0 Å². The molecular formula is C21H19NO5. The number of phenolic OH excluding ortho intramolecular Hbond substituents is 1. The summed E-state index contributed by atoms with van der Waals surface area (Å²) in [5.41, 5.74) is 0.916. The van der Waals surface area contributed by atoms with E-state index in [4.69, 9.17) is 9.47 Å². The predicted molar refractivity (Wildman–Crippen MR) is 101 cm³/mol. The topological polar surface area (TPSA) is 84.9 Å². The fourth-order valence-electron chi connectivity index (χ4n) is 2.62. The lowest BCUT2D eigenvalue weighted by Crippen LogP contribution is -2.28. The zero-order chi connectivity index (χ0) is 19.2. The van der Waals surface area contributed by atoms with E-state index in [1.54, 1.807) is 37.4 Å². The Labute approximate surface area is 156 Å². The number of ether oxygens (including phenoxy) is 2. The Balaban J connectivity index is 1.55. The summed E-state index contributed by atoms with van der Waals surface area (Å²) in [6.45, 7) is -0.122. The molecule has 0 aliphatic rings. The molecule has 6 nitrogen and oxygen atoms in total. The van der Waals surface area contributed by atoms with E-state index in [0.717, 1.165) is 16.7 Å². The minimum Gasteiger partial charge on any atom is -0.506 e. The molecule has 0 unspecified atom stereocenters. The third-order valence-electron chi connectivity index (χ3n) is 4.10. The molecule has 2 N–H and O–H groups in total. The number of carbonyl (C=O) groups excluding carboxylic acids is 2. The molecule has 0 bridgehead atoms. The maximum Gasteiger partial charge on any atom is 0.342 e. The van der Waals surface area contributed by atoms with Crippen LogP contribution in [0.3, 0.4) is 0 Å². The molecular weight excluding hydrogens is 346 g/mol. The first-order valence-corrected chi connectivity index (χ1v) is 8.36.